The van der Waals surface area contributed by atoms with Crippen LogP contribution in [-0.4, -0.2) is 16.1 Å². The highest BCUT2D eigenvalue weighted by Gasteiger charge is 2.04. The third-order valence-corrected chi connectivity index (χ3v) is 1.30. The van der Waals surface area contributed by atoms with Crippen molar-refractivity contribution in [2.45, 2.75) is 20.0 Å². The van der Waals surface area contributed by atoms with Crippen LogP contribution in [-0.2, 0) is 0 Å². The van der Waals surface area contributed by atoms with Gasteiger partial charge in [-0.1, -0.05) is 0 Å². The normalized spacial score (nSPS) is 10.3. The lowest BCUT2D eigenvalue weighted by atomic mass is 10.4. The molecule has 0 aliphatic rings. The fourth-order valence-corrected chi connectivity index (χ4v) is 0.846. The van der Waals surface area contributed by atoms with Gasteiger partial charge in [0.2, 0.25) is 5.28 Å². The molecule has 1 aromatic heterocycles. The first-order chi connectivity index (χ1) is 5.59. The van der Waals surface area contributed by atoms with Crippen LogP contribution in [0.1, 0.15) is 13.8 Å². The Kier molecular flexibility index (Phi) is 2.70. The summed E-state index contributed by atoms with van der Waals surface area (Å²) in [6.07, 6.45) is 1.52. The maximum absolute atomic E-state index is 5.51. The van der Waals surface area contributed by atoms with Crippen LogP contribution in [0.5, 0.6) is 5.75 Å². The maximum Gasteiger partial charge on any atom is 0.224 e. The van der Waals surface area contributed by atoms with E-state index in [0.717, 1.165) is 0 Å². The molecule has 0 bridgehead atoms. The van der Waals surface area contributed by atoms with Crippen molar-refractivity contribution in [2.24, 2.45) is 0 Å². The van der Waals surface area contributed by atoms with Gasteiger partial charge in [0.25, 0.3) is 0 Å². The van der Waals surface area contributed by atoms with Gasteiger partial charge in [0.05, 0.1) is 12.3 Å². The van der Waals surface area contributed by atoms with Gasteiger partial charge in [0.1, 0.15) is 0 Å². The lowest BCUT2D eigenvalue weighted by Gasteiger charge is -2.09. The summed E-state index contributed by atoms with van der Waals surface area (Å²) in [5.74, 6) is 0.734. The van der Waals surface area contributed by atoms with Crippen LogP contribution in [0.15, 0.2) is 6.20 Å². The topological polar surface area (TPSA) is 61.0 Å². The van der Waals surface area contributed by atoms with E-state index in [1.807, 2.05) is 13.8 Å². The largest absolute Gasteiger partial charge is 0.486 e. The second-order valence-corrected chi connectivity index (χ2v) is 2.89. The predicted octanol–water partition coefficient (Wildman–Crippen LogP) is 1.50. The summed E-state index contributed by atoms with van der Waals surface area (Å²) in [6, 6.07) is 0. The van der Waals surface area contributed by atoms with E-state index in [2.05, 4.69) is 9.97 Å². The average molecular weight is 188 g/mol. The molecule has 5 heteroatoms. The first-order valence-electron chi connectivity index (χ1n) is 3.54. The van der Waals surface area contributed by atoms with Crippen LogP contribution in [0.2, 0.25) is 5.28 Å². The Morgan fingerprint density at radius 2 is 2.25 bits per heavy atom. The van der Waals surface area contributed by atoms with Crippen molar-refractivity contribution in [3.63, 3.8) is 0 Å². The number of hydrogen-bond acceptors (Lipinski definition) is 4. The third kappa shape index (κ3) is 2.23. The highest BCUT2D eigenvalue weighted by Crippen LogP contribution is 2.19. The number of hydrogen-bond donors (Lipinski definition) is 1. The van der Waals surface area contributed by atoms with Gasteiger partial charge in [-0.3, -0.25) is 0 Å². The van der Waals surface area contributed by atoms with Crippen molar-refractivity contribution in [1.29, 1.82) is 0 Å². The van der Waals surface area contributed by atoms with Gasteiger partial charge in [-0.15, -0.1) is 0 Å². The van der Waals surface area contributed by atoms with E-state index in [1.54, 1.807) is 0 Å². The molecule has 66 valence electrons. The number of halogens is 1. The van der Waals surface area contributed by atoms with Gasteiger partial charge in [0, 0.05) is 0 Å². The smallest absolute Gasteiger partial charge is 0.224 e. The van der Waals surface area contributed by atoms with Gasteiger partial charge in [-0.2, -0.15) is 4.98 Å². The molecule has 12 heavy (non-hydrogen) atoms. The number of ether oxygens (including phenoxy) is 1. The van der Waals surface area contributed by atoms with Gasteiger partial charge in [0.15, 0.2) is 11.6 Å². The Labute approximate surface area is 75.7 Å². The molecule has 0 amide bonds. The molecular weight excluding hydrogens is 178 g/mol. The summed E-state index contributed by atoms with van der Waals surface area (Å²) in [5.41, 5.74) is 5.51. The Hall–Kier alpha value is -1.03. The molecule has 4 nitrogen and oxygen atoms in total. The minimum atomic E-state index is 0.0528. The maximum atomic E-state index is 5.51. The van der Waals surface area contributed by atoms with Gasteiger partial charge in [-0.05, 0) is 25.4 Å². The molecule has 0 radical (unpaired) electrons. The quantitative estimate of drug-likeness (QED) is 0.713. The summed E-state index contributed by atoms with van der Waals surface area (Å²) in [5, 5.41) is 0.128. The summed E-state index contributed by atoms with van der Waals surface area (Å²) in [7, 11) is 0. The molecule has 1 rings (SSSR count). The summed E-state index contributed by atoms with van der Waals surface area (Å²) in [4.78, 5) is 7.48. The van der Waals surface area contributed by atoms with Crippen molar-refractivity contribution >= 4 is 17.4 Å². The monoisotopic (exact) mass is 187 g/mol. The van der Waals surface area contributed by atoms with Crippen molar-refractivity contribution in [1.82, 2.24) is 9.97 Å². The Morgan fingerprint density at radius 1 is 1.58 bits per heavy atom. The molecular formula is C7H10ClN3O. The van der Waals surface area contributed by atoms with Gasteiger partial charge >= 0.3 is 0 Å². The summed E-state index contributed by atoms with van der Waals surface area (Å²) in [6.45, 7) is 3.79. The number of nitrogen functional groups attached to an aromatic ring is 1. The molecule has 0 aliphatic heterocycles. The molecule has 1 aromatic rings. The lowest BCUT2D eigenvalue weighted by molar-refractivity contribution is 0.242. The second-order valence-electron chi connectivity index (χ2n) is 2.56. The molecule has 0 aromatic carbocycles. The molecule has 0 unspecified atom stereocenters. The highest BCUT2D eigenvalue weighted by molar-refractivity contribution is 6.28. The molecule has 0 aliphatic carbocycles. The van der Waals surface area contributed by atoms with Crippen molar-refractivity contribution in [3.8, 4) is 5.75 Å². The molecule has 2 N–H and O–H groups in total. The van der Waals surface area contributed by atoms with E-state index < -0.39 is 0 Å². The van der Waals surface area contributed by atoms with Crippen LogP contribution in [0.25, 0.3) is 0 Å². The third-order valence-electron chi connectivity index (χ3n) is 1.12. The summed E-state index contributed by atoms with van der Waals surface area (Å²) < 4.78 is 5.29. The number of anilines is 1. The first kappa shape index (κ1) is 9.06. The Morgan fingerprint density at radius 3 is 2.75 bits per heavy atom. The molecule has 0 atom stereocenters. The van der Waals surface area contributed by atoms with Crippen LogP contribution in [0.3, 0.4) is 0 Å². The molecule has 0 spiro atoms. The van der Waals surface area contributed by atoms with E-state index in [0.29, 0.717) is 5.75 Å². The van der Waals surface area contributed by atoms with Gasteiger partial charge in [-0.25, -0.2) is 4.98 Å². The van der Waals surface area contributed by atoms with E-state index in [4.69, 9.17) is 22.1 Å². The zero-order chi connectivity index (χ0) is 9.14. The number of rotatable bonds is 2. The summed E-state index contributed by atoms with van der Waals surface area (Å²) >= 11 is 5.50. The fourth-order valence-electron chi connectivity index (χ4n) is 0.706. The number of nitrogens with two attached hydrogens (primary N) is 1. The molecule has 1 heterocycles. The zero-order valence-electron chi connectivity index (χ0n) is 6.91. The molecule has 0 saturated heterocycles. The fraction of sp³-hybridized carbons (Fsp3) is 0.429. The minimum absolute atomic E-state index is 0.0528. The van der Waals surface area contributed by atoms with Crippen molar-refractivity contribution in [2.75, 3.05) is 5.73 Å². The van der Waals surface area contributed by atoms with Crippen LogP contribution < -0.4 is 10.5 Å². The molecule has 0 saturated carbocycles. The average Bonchev–Trinajstić information content (AvgIpc) is 1.94. The number of aromatic nitrogens is 2. The standard InChI is InChI=1S/C7H10ClN3O/c1-4(2)12-5-3-10-7(8)11-6(5)9/h3-4H,1-2H3,(H2,9,10,11). The van der Waals surface area contributed by atoms with E-state index in [1.165, 1.54) is 6.20 Å². The van der Waals surface area contributed by atoms with Crippen molar-refractivity contribution in [3.05, 3.63) is 11.5 Å². The lowest BCUT2D eigenvalue weighted by Crippen LogP contribution is -2.08. The van der Waals surface area contributed by atoms with E-state index in [-0.39, 0.29) is 17.2 Å². The molecule has 0 fully saturated rings. The number of nitrogens with zero attached hydrogens (tertiary/aromatic N) is 2. The van der Waals surface area contributed by atoms with Crippen LogP contribution >= 0.6 is 11.6 Å². The van der Waals surface area contributed by atoms with E-state index in [9.17, 15) is 0 Å². The van der Waals surface area contributed by atoms with Gasteiger partial charge < -0.3 is 10.5 Å². The Balaban J connectivity index is 2.86. The SMILES string of the molecule is CC(C)Oc1cnc(Cl)nc1N. The van der Waals surface area contributed by atoms with E-state index >= 15 is 0 Å². The second kappa shape index (κ2) is 3.58. The van der Waals surface area contributed by atoms with Crippen molar-refractivity contribution < 1.29 is 4.74 Å². The zero-order valence-corrected chi connectivity index (χ0v) is 7.67. The van der Waals surface area contributed by atoms with Crippen LogP contribution in [0, 0.1) is 0 Å². The Bertz CT molecular complexity index is 277. The van der Waals surface area contributed by atoms with Crippen LogP contribution in [0.4, 0.5) is 5.82 Å². The first-order valence-corrected chi connectivity index (χ1v) is 3.92. The predicted molar refractivity (Wildman–Crippen MR) is 47.2 cm³/mol. The minimum Gasteiger partial charge on any atom is -0.486 e. The highest BCUT2D eigenvalue weighted by atomic mass is 35.5.